The minimum Gasteiger partial charge on any atom is -0.368 e. The number of nitrogens with zero attached hydrogens (tertiary/aromatic N) is 1. The van der Waals surface area contributed by atoms with Crippen molar-refractivity contribution in [1.82, 2.24) is 10.2 Å². The first-order valence-corrected chi connectivity index (χ1v) is 5.48. The molecule has 0 saturated carbocycles. The quantitative estimate of drug-likeness (QED) is 0.633. The first kappa shape index (κ1) is 10.4. The Labute approximate surface area is 89.0 Å². The van der Waals surface area contributed by atoms with E-state index in [2.05, 4.69) is 5.32 Å². The van der Waals surface area contributed by atoms with Crippen LogP contribution in [-0.4, -0.2) is 42.4 Å². The molecule has 0 radical (unpaired) electrons. The van der Waals surface area contributed by atoms with Crippen LogP contribution in [0.5, 0.6) is 0 Å². The maximum Gasteiger partial charge on any atom is 0.240 e. The summed E-state index contributed by atoms with van der Waals surface area (Å²) in [4.78, 5) is 24.3. The van der Waals surface area contributed by atoms with E-state index in [-0.39, 0.29) is 17.9 Å². The van der Waals surface area contributed by atoms with Gasteiger partial charge in [0.25, 0.3) is 0 Å². The van der Waals surface area contributed by atoms with E-state index in [9.17, 15) is 9.59 Å². The summed E-state index contributed by atoms with van der Waals surface area (Å²) in [5.74, 6) is 0.143. The Hall–Kier alpha value is -1.10. The van der Waals surface area contributed by atoms with E-state index in [0.29, 0.717) is 18.9 Å². The lowest BCUT2D eigenvalue weighted by molar-refractivity contribution is -0.146. The first-order valence-electron chi connectivity index (χ1n) is 5.48. The molecule has 0 aromatic rings. The molecule has 0 aromatic heterocycles. The van der Waals surface area contributed by atoms with Crippen molar-refractivity contribution in [1.29, 1.82) is 0 Å². The molecule has 2 saturated heterocycles. The Morgan fingerprint density at radius 2 is 2.20 bits per heavy atom. The Morgan fingerprint density at radius 3 is 2.67 bits per heavy atom. The van der Waals surface area contributed by atoms with Crippen LogP contribution in [0.1, 0.15) is 19.3 Å². The van der Waals surface area contributed by atoms with Crippen LogP contribution in [0.15, 0.2) is 0 Å². The van der Waals surface area contributed by atoms with Gasteiger partial charge in [-0.15, -0.1) is 0 Å². The first-order chi connectivity index (χ1) is 7.18. The largest absolute Gasteiger partial charge is 0.368 e. The van der Waals surface area contributed by atoms with Crippen molar-refractivity contribution in [2.45, 2.75) is 25.3 Å². The lowest BCUT2D eigenvalue weighted by Gasteiger charge is -2.39. The van der Waals surface area contributed by atoms with Crippen molar-refractivity contribution in [2.24, 2.45) is 11.7 Å². The van der Waals surface area contributed by atoms with E-state index in [1.807, 2.05) is 0 Å². The third-order valence-corrected chi connectivity index (χ3v) is 3.29. The molecule has 2 heterocycles. The van der Waals surface area contributed by atoms with Crippen LogP contribution in [-0.2, 0) is 9.59 Å². The standard InChI is InChI=1S/C10H17N3O2/c11-10(15)8-2-4-13(8)9(14)5-7-1-3-12-6-7/h7-8,12H,1-6H2,(H2,11,15). The van der Waals surface area contributed by atoms with Gasteiger partial charge in [0.2, 0.25) is 11.8 Å². The summed E-state index contributed by atoms with van der Waals surface area (Å²) in [6, 6.07) is -0.341. The second kappa shape index (κ2) is 4.18. The van der Waals surface area contributed by atoms with Crippen molar-refractivity contribution >= 4 is 11.8 Å². The number of nitrogens with two attached hydrogens (primary N) is 1. The summed E-state index contributed by atoms with van der Waals surface area (Å²) in [5.41, 5.74) is 5.19. The summed E-state index contributed by atoms with van der Waals surface area (Å²) in [6.45, 7) is 2.60. The van der Waals surface area contributed by atoms with Crippen LogP contribution in [0.25, 0.3) is 0 Å². The lowest BCUT2D eigenvalue weighted by Crippen LogP contribution is -2.57. The van der Waals surface area contributed by atoms with Gasteiger partial charge in [-0.1, -0.05) is 0 Å². The Balaban J connectivity index is 1.82. The number of hydrogen-bond acceptors (Lipinski definition) is 3. The van der Waals surface area contributed by atoms with Crippen LogP contribution < -0.4 is 11.1 Å². The van der Waals surface area contributed by atoms with Crippen molar-refractivity contribution in [3.8, 4) is 0 Å². The van der Waals surface area contributed by atoms with Crippen LogP contribution >= 0.6 is 0 Å². The number of primary amides is 1. The highest BCUT2D eigenvalue weighted by Crippen LogP contribution is 2.21. The van der Waals surface area contributed by atoms with Gasteiger partial charge in [0.1, 0.15) is 6.04 Å². The molecule has 2 aliphatic heterocycles. The van der Waals surface area contributed by atoms with Crippen molar-refractivity contribution < 1.29 is 9.59 Å². The number of likely N-dealkylation sites (tertiary alicyclic amines) is 1. The van der Waals surface area contributed by atoms with Gasteiger partial charge in [-0.3, -0.25) is 9.59 Å². The fraction of sp³-hybridized carbons (Fsp3) is 0.800. The molecule has 0 spiro atoms. The van der Waals surface area contributed by atoms with E-state index in [4.69, 9.17) is 5.73 Å². The molecule has 2 fully saturated rings. The van der Waals surface area contributed by atoms with Gasteiger partial charge in [-0.25, -0.2) is 0 Å². The maximum absolute atomic E-state index is 11.8. The zero-order chi connectivity index (χ0) is 10.8. The van der Waals surface area contributed by atoms with Crippen LogP contribution in [0, 0.1) is 5.92 Å². The molecule has 2 aliphatic rings. The topological polar surface area (TPSA) is 75.4 Å². The zero-order valence-corrected chi connectivity index (χ0v) is 8.74. The van der Waals surface area contributed by atoms with E-state index in [1.54, 1.807) is 4.90 Å². The second-order valence-electron chi connectivity index (χ2n) is 4.36. The Kier molecular flexibility index (Phi) is 2.90. The lowest BCUT2D eigenvalue weighted by atomic mass is 9.98. The molecule has 0 aromatic carbocycles. The third-order valence-electron chi connectivity index (χ3n) is 3.29. The van der Waals surface area contributed by atoms with Gasteiger partial charge in [0.05, 0.1) is 0 Å². The third kappa shape index (κ3) is 2.12. The average molecular weight is 211 g/mol. The van der Waals surface area contributed by atoms with Crippen LogP contribution in [0.4, 0.5) is 0 Å². The molecule has 2 atom stereocenters. The zero-order valence-electron chi connectivity index (χ0n) is 8.74. The highest BCUT2D eigenvalue weighted by atomic mass is 16.2. The fourth-order valence-corrected chi connectivity index (χ4v) is 2.23. The van der Waals surface area contributed by atoms with Gasteiger partial charge in [0.15, 0.2) is 0 Å². The fourth-order valence-electron chi connectivity index (χ4n) is 2.23. The summed E-state index contributed by atoms with van der Waals surface area (Å²) in [5, 5.41) is 3.22. The van der Waals surface area contributed by atoms with Crippen LogP contribution in [0.2, 0.25) is 0 Å². The van der Waals surface area contributed by atoms with Crippen molar-refractivity contribution in [2.75, 3.05) is 19.6 Å². The summed E-state index contributed by atoms with van der Waals surface area (Å²) in [6.07, 6.45) is 2.33. The minimum atomic E-state index is -0.376. The van der Waals surface area contributed by atoms with Gasteiger partial charge in [0, 0.05) is 13.0 Å². The molecule has 0 aliphatic carbocycles. The smallest absolute Gasteiger partial charge is 0.240 e. The number of carbonyl (C=O) groups is 2. The molecule has 2 rings (SSSR count). The second-order valence-corrected chi connectivity index (χ2v) is 4.36. The average Bonchev–Trinajstić information content (AvgIpc) is 2.52. The molecule has 15 heavy (non-hydrogen) atoms. The number of nitrogens with one attached hydrogen (secondary N) is 1. The van der Waals surface area contributed by atoms with E-state index in [0.717, 1.165) is 25.9 Å². The highest BCUT2D eigenvalue weighted by molar-refractivity contribution is 5.88. The number of rotatable bonds is 3. The molecular formula is C10H17N3O2. The minimum absolute atomic E-state index is 0.0822. The summed E-state index contributed by atoms with van der Waals surface area (Å²) in [7, 11) is 0. The number of amides is 2. The van der Waals surface area contributed by atoms with Crippen molar-refractivity contribution in [3.05, 3.63) is 0 Å². The maximum atomic E-state index is 11.8. The molecule has 2 amide bonds. The Morgan fingerprint density at radius 1 is 1.40 bits per heavy atom. The molecule has 5 nitrogen and oxygen atoms in total. The summed E-state index contributed by atoms with van der Waals surface area (Å²) >= 11 is 0. The normalized spacial score (nSPS) is 30.0. The molecule has 2 unspecified atom stereocenters. The van der Waals surface area contributed by atoms with E-state index < -0.39 is 0 Å². The summed E-state index contributed by atoms with van der Waals surface area (Å²) < 4.78 is 0. The van der Waals surface area contributed by atoms with Gasteiger partial charge < -0.3 is 16.0 Å². The molecule has 84 valence electrons. The molecular weight excluding hydrogens is 194 g/mol. The van der Waals surface area contributed by atoms with E-state index in [1.165, 1.54) is 0 Å². The molecule has 3 N–H and O–H groups in total. The molecule has 5 heteroatoms. The predicted molar refractivity (Wildman–Crippen MR) is 54.9 cm³/mol. The van der Waals surface area contributed by atoms with Gasteiger partial charge >= 0.3 is 0 Å². The predicted octanol–water partition coefficient (Wildman–Crippen LogP) is -0.928. The highest BCUT2D eigenvalue weighted by Gasteiger charge is 2.36. The number of hydrogen-bond donors (Lipinski definition) is 2. The SMILES string of the molecule is NC(=O)C1CCN1C(=O)CC1CCNC1. The van der Waals surface area contributed by atoms with E-state index >= 15 is 0 Å². The van der Waals surface area contributed by atoms with Gasteiger partial charge in [-0.2, -0.15) is 0 Å². The molecule has 0 bridgehead atoms. The van der Waals surface area contributed by atoms with Crippen molar-refractivity contribution in [3.63, 3.8) is 0 Å². The van der Waals surface area contributed by atoms with Gasteiger partial charge in [-0.05, 0) is 31.8 Å². The number of carbonyl (C=O) groups excluding carboxylic acids is 2. The Bertz CT molecular complexity index is 274. The monoisotopic (exact) mass is 211 g/mol. The van der Waals surface area contributed by atoms with Crippen LogP contribution in [0.3, 0.4) is 0 Å².